The molecule has 17 heavy (non-hydrogen) atoms. The van der Waals surface area contributed by atoms with Crippen molar-refractivity contribution in [2.45, 2.75) is 71.1 Å². The number of unbranched alkanes of at least 4 members (excludes halogenated alkanes) is 9. The summed E-state index contributed by atoms with van der Waals surface area (Å²) in [6.07, 6.45) is 18.0. The lowest BCUT2D eigenvalue weighted by molar-refractivity contribution is -0.115. The van der Waals surface area contributed by atoms with Crippen molar-refractivity contribution in [3.63, 3.8) is 0 Å². The first-order chi connectivity index (χ1) is 8.31. The van der Waals surface area contributed by atoms with Crippen molar-refractivity contribution < 1.29 is 4.79 Å². The second-order valence-electron chi connectivity index (χ2n) is 4.58. The quantitative estimate of drug-likeness (QED) is 0.431. The van der Waals surface area contributed by atoms with Crippen LogP contribution in [0.3, 0.4) is 0 Å². The Labute approximate surface area is 107 Å². The molecule has 2 heteroatoms. The average molecular weight is 237 g/mol. The third-order valence-electron chi connectivity index (χ3n) is 2.95. The largest absolute Gasteiger partial charge is 0.345 e. The number of hydrogen-bond acceptors (Lipinski definition) is 1. The van der Waals surface area contributed by atoms with Crippen molar-refractivity contribution in [1.29, 1.82) is 0 Å². The van der Waals surface area contributed by atoms with E-state index in [-0.39, 0.29) is 5.91 Å². The lowest BCUT2D eigenvalue weighted by Crippen LogP contribution is -2.22. The maximum Gasteiger partial charge on any atom is 0.295 e. The predicted molar refractivity (Wildman–Crippen MR) is 73.7 cm³/mol. The Hall–Kier alpha value is -0.970. The van der Waals surface area contributed by atoms with E-state index in [0.717, 1.165) is 13.0 Å². The van der Waals surface area contributed by atoms with Crippen LogP contribution in [-0.4, -0.2) is 12.5 Å². The van der Waals surface area contributed by atoms with E-state index in [0.29, 0.717) is 0 Å². The fourth-order valence-corrected chi connectivity index (χ4v) is 1.87. The highest BCUT2D eigenvalue weighted by molar-refractivity contribution is 5.92. The van der Waals surface area contributed by atoms with E-state index in [1.807, 2.05) is 0 Å². The minimum absolute atomic E-state index is 0.291. The summed E-state index contributed by atoms with van der Waals surface area (Å²) >= 11 is 0. The highest BCUT2D eigenvalue weighted by atomic mass is 16.1. The van der Waals surface area contributed by atoms with E-state index in [1.165, 1.54) is 57.8 Å². The molecule has 0 spiro atoms. The van der Waals surface area contributed by atoms with Crippen LogP contribution < -0.4 is 5.32 Å². The van der Waals surface area contributed by atoms with Crippen LogP contribution in [0.5, 0.6) is 0 Å². The van der Waals surface area contributed by atoms with Crippen molar-refractivity contribution in [3.8, 4) is 12.3 Å². The summed E-state index contributed by atoms with van der Waals surface area (Å²) in [6.45, 7) is 2.97. The summed E-state index contributed by atoms with van der Waals surface area (Å²) < 4.78 is 0. The first kappa shape index (κ1) is 16.0. The Kier molecular flexibility index (Phi) is 12.3. The molecule has 0 aliphatic rings. The van der Waals surface area contributed by atoms with Crippen LogP contribution in [0.2, 0.25) is 0 Å². The van der Waals surface area contributed by atoms with Gasteiger partial charge in [0.25, 0.3) is 5.91 Å². The van der Waals surface area contributed by atoms with Gasteiger partial charge in [0.05, 0.1) is 0 Å². The van der Waals surface area contributed by atoms with Gasteiger partial charge in [-0.1, -0.05) is 64.7 Å². The molecule has 0 aromatic rings. The fraction of sp³-hybridized carbons (Fsp3) is 0.800. The Bertz CT molecular complexity index is 217. The molecular weight excluding hydrogens is 210 g/mol. The van der Waals surface area contributed by atoms with Gasteiger partial charge in [0.15, 0.2) is 0 Å². The molecule has 0 heterocycles. The Morgan fingerprint density at radius 1 is 0.941 bits per heavy atom. The van der Waals surface area contributed by atoms with E-state index in [1.54, 1.807) is 0 Å². The van der Waals surface area contributed by atoms with Crippen LogP contribution in [0.25, 0.3) is 0 Å². The molecule has 0 aliphatic carbocycles. The van der Waals surface area contributed by atoms with Crippen molar-refractivity contribution in [2.24, 2.45) is 0 Å². The van der Waals surface area contributed by atoms with Crippen LogP contribution in [0, 0.1) is 12.3 Å². The first-order valence-electron chi connectivity index (χ1n) is 7.05. The molecule has 0 saturated carbocycles. The summed E-state index contributed by atoms with van der Waals surface area (Å²) in [7, 11) is 0. The predicted octanol–water partition coefficient (Wildman–Crippen LogP) is 3.66. The summed E-state index contributed by atoms with van der Waals surface area (Å²) in [5, 5.41) is 2.68. The van der Waals surface area contributed by atoms with Crippen LogP contribution >= 0.6 is 0 Å². The number of amides is 1. The Morgan fingerprint density at radius 2 is 1.41 bits per heavy atom. The van der Waals surface area contributed by atoms with E-state index in [2.05, 4.69) is 18.2 Å². The molecule has 0 atom stereocenters. The zero-order valence-corrected chi connectivity index (χ0v) is 11.3. The first-order valence-corrected chi connectivity index (χ1v) is 7.05. The number of nitrogens with one attached hydrogen (secondary N) is 1. The number of terminal acetylenes is 1. The number of carbonyl (C=O) groups excluding carboxylic acids is 1. The van der Waals surface area contributed by atoms with Gasteiger partial charge in [-0.25, -0.2) is 0 Å². The van der Waals surface area contributed by atoms with E-state index >= 15 is 0 Å². The Morgan fingerprint density at radius 3 is 1.88 bits per heavy atom. The van der Waals surface area contributed by atoms with E-state index in [4.69, 9.17) is 6.42 Å². The maximum absolute atomic E-state index is 10.7. The summed E-state index contributed by atoms with van der Waals surface area (Å²) in [5.41, 5.74) is 0. The van der Waals surface area contributed by atoms with Gasteiger partial charge >= 0.3 is 0 Å². The van der Waals surface area contributed by atoms with Crippen LogP contribution in [0.15, 0.2) is 0 Å². The highest BCUT2D eigenvalue weighted by Crippen LogP contribution is 2.10. The zero-order valence-electron chi connectivity index (χ0n) is 11.3. The smallest absolute Gasteiger partial charge is 0.295 e. The molecule has 2 nitrogen and oxygen atoms in total. The molecule has 0 radical (unpaired) electrons. The second kappa shape index (κ2) is 13.1. The topological polar surface area (TPSA) is 29.1 Å². The summed E-state index contributed by atoms with van der Waals surface area (Å²) in [4.78, 5) is 10.7. The minimum Gasteiger partial charge on any atom is -0.345 e. The molecule has 98 valence electrons. The molecular formula is C15H27NO. The number of hydrogen-bond donors (Lipinski definition) is 1. The Balaban J connectivity index is 2.99. The van der Waals surface area contributed by atoms with Crippen molar-refractivity contribution in [3.05, 3.63) is 0 Å². The van der Waals surface area contributed by atoms with Gasteiger partial charge in [0.2, 0.25) is 0 Å². The van der Waals surface area contributed by atoms with Crippen LogP contribution in [0.4, 0.5) is 0 Å². The van der Waals surface area contributed by atoms with Gasteiger partial charge in [0.1, 0.15) is 0 Å². The summed E-state index contributed by atoms with van der Waals surface area (Å²) in [6, 6.07) is 0. The van der Waals surface area contributed by atoms with Crippen LogP contribution in [-0.2, 0) is 4.79 Å². The van der Waals surface area contributed by atoms with Gasteiger partial charge in [-0.05, 0) is 12.3 Å². The maximum atomic E-state index is 10.7. The molecule has 0 aromatic heterocycles. The fourth-order valence-electron chi connectivity index (χ4n) is 1.87. The standard InChI is InChI=1S/C15H27NO/c1-3-5-6-7-8-9-10-11-12-13-14-16-15(17)4-2/h2H,3,5-14H2,1H3,(H,16,17). The molecule has 0 aliphatic heterocycles. The molecule has 1 N–H and O–H groups in total. The second-order valence-corrected chi connectivity index (χ2v) is 4.58. The number of rotatable bonds is 11. The van der Waals surface area contributed by atoms with Gasteiger partial charge in [-0.15, -0.1) is 6.42 Å². The van der Waals surface area contributed by atoms with E-state index in [9.17, 15) is 4.79 Å². The molecule has 0 saturated heterocycles. The summed E-state index contributed by atoms with van der Waals surface area (Å²) in [5.74, 6) is 1.76. The SMILES string of the molecule is C#CC(=O)NCCCCCCCCCCCC. The third kappa shape index (κ3) is 13.0. The molecule has 0 rings (SSSR count). The van der Waals surface area contributed by atoms with Crippen LogP contribution in [0.1, 0.15) is 71.1 Å². The molecule has 0 unspecified atom stereocenters. The number of carbonyl (C=O) groups is 1. The lowest BCUT2D eigenvalue weighted by atomic mass is 10.1. The van der Waals surface area contributed by atoms with Crippen molar-refractivity contribution in [2.75, 3.05) is 6.54 Å². The van der Waals surface area contributed by atoms with Gasteiger partial charge in [-0.3, -0.25) is 4.79 Å². The molecule has 0 aromatic carbocycles. The normalized spacial score (nSPS) is 9.88. The molecule has 0 fully saturated rings. The van der Waals surface area contributed by atoms with E-state index < -0.39 is 0 Å². The van der Waals surface area contributed by atoms with Gasteiger partial charge in [-0.2, -0.15) is 0 Å². The third-order valence-corrected chi connectivity index (χ3v) is 2.95. The van der Waals surface area contributed by atoms with Gasteiger partial charge < -0.3 is 5.32 Å². The molecule has 0 bridgehead atoms. The average Bonchev–Trinajstić information content (AvgIpc) is 2.35. The lowest BCUT2D eigenvalue weighted by Gasteiger charge is -2.02. The highest BCUT2D eigenvalue weighted by Gasteiger charge is 1.94. The zero-order chi connectivity index (χ0) is 12.8. The van der Waals surface area contributed by atoms with Crippen molar-refractivity contribution in [1.82, 2.24) is 5.32 Å². The molecule has 1 amide bonds. The minimum atomic E-state index is -0.291. The monoisotopic (exact) mass is 237 g/mol. The van der Waals surface area contributed by atoms with Gasteiger partial charge in [0, 0.05) is 6.54 Å². The van der Waals surface area contributed by atoms with Crippen molar-refractivity contribution >= 4 is 5.91 Å².